The molecule has 18 heavy (non-hydrogen) atoms. The summed E-state index contributed by atoms with van der Waals surface area (Å²) in [4.78, 5) is 11.7. The van der Waals surface area contributed by atoms with Crippen LogP contribution in [-0.2, 0) is 6.18 Å². The van der Waals surface area contributed by atoms with Crippen molar-refractivity contribution < 1.29 is 18.0 Å². The van der Waals surface area contributed by atoms with E-state index in [0.29, 0.717) is 5.33 Å². The molecule has 2 nitrogen and oxygen atoms in total. The van der Waals surface area contributed by atoms with E-state index in [0.717, 1.165) is 18.6 Å². The summed E-state index contributed by atoms with van der Waals surface area (Å²) in [6, 6.07) is 4.14. The Bertz CT molecular complexity index is 399. The Labute approximate surface area is 112 Å². The Morgan fingerprint density at radius 2 is 1.89 bits per heavy atom. The van der Waals surface area contributed by atoms with E-state index < -0.39 is 11.7 Å². The molecular formula is C12H13BrF3NO. The Balaban J connectivity index is 2.76. The molecule has 0 aliphatic carbocycles. The largest absolute Gasteiger partial charge is 0.416 e. The molecular weight excluding hydrogens is 311 g/mol. The summed E-state index contributed by atoms with van der Waals surface area (Å²) in [5, 5.41) is 3.33. The molecule has 1 N–H and O–H groups in total. The molecule has 1 aromatic rings. The lowest BCUT2D eigenvalue weighted by molar-refractivity contribution is -0.137. The highest BCUT2D eigenvalue weighted by molar-refractivity contribution is 9.09. The normalized spacial score (nSPS) is 13.2. The molecule has 0 spiro atoms. The minimum absolute atomic E-state index is 0.0280. The van der Waals surface area contributed by atoms with Crippen LogP contribution in [0.15, 0.2) is 24.3 Å². The van der Waals surface area contributed by atoms with Crippen molar-refractivity contribution in [3.8, 4) is 0 Å². The molecule has 1 aromatic carbocycles. The maximum atomic E-state index is 12.3. The SMILES string of the molecule is CCC(CBr)NC(=O)c1ccc(C(F)(F)F)cc1. The lowest BCUT2D eigenvalue weighted by Gasteiger charge is -2.14. The van der Waals surface area contributed by atoms with E-state index in [1.807, 2.05) is 6.92 Å². The number of carbonyl (C=O) groups excluding carboxylic acids is 1. The fourth-order valence-electron chi connectivity index (χ4n) is 1.33. The topological polar surface area (TPSA) is 29.1 Å². The zero-order valence-electron chi connectivity index (χ0n) is 9.72. The minimum Gasteiger partial charge on any atom is -0.348 e. The number of benzene rings is 1. The van der Waals surface area contributed by atoms with E-state index in [-0.39, 0.29) is 17.5 Å². The van der Waals surface area contributed by atoms with Crippen LogP contribution in [-0.4, -0.2) is 17.3 Å². The molecule has 0 aromatic heterocycles. The third kappa shape index (κ3) is 4.01. The van der Waals surface area contributed by atoms with E-state index in [2.05, 4.69) is 21.2 Å². The first-order valence-corrected chi connectivity index (χ1v) is 6.54. The summed E-state index contributed by atoms with van der Waals surface area (Å²) in [6.07, 6.45) is -3.63. The third-order valence-corrected chi connectivity index (χ3v) is 3.27. The number of alkyl halides is 4. The second-order valence-electron chi connectivity index (χ2n) is 3.81. The third-order valence-electron chi connectivity index (χ3n) is 2.49. The van der Waals surface area contributed by atoms with Crippen LogP contribution in [0.4, 0.5) is 13.2 Å². The minimum atomic E-state index is -4.38. The van der Waals surface area contributed by atoms with Gasteiger partial charge in [0.2, 0.25) is 0 Å². The van der Waals surface area contributed by atoms with Gasteiger partial charge in [-0.15, -0.1) is 0 Å². The molecule has 1 unspecified atom stereocenters. The van der Waals surface area contributed by atoms with Crippen molar-refractivity contribution in [1.82, 2.24) is 5.32 Å². The van der Waals surface area contributed by atoms with E-state index in [1.54, 1.807) is 0 Å². The Hall–Kier alpha value is -1.04. The van der Waals surface area contributed by atoms with Crippen molar-refractivity contribution in [1.29, 1.82) is 0 Å². The molecule has 1 atom stereocenters. The predicted octanol–water partition coefficient (Wildman–Crippen LogP) is 3.61. The van der Waals surface area contributed by atoms with Crippen molar-refractivity contribution in [2.24, 2.45) is 0 Å². The highest BCUT2D eigenvalue weighted by Crippen LogP contribution is 2.29. The molecule has 0 aliphatic rings. The first-order valence-electron chi connectivity index (χ1n) is 5.42. The van der Waals surface area contributed by atoms with Gasteiger partial charge in [-0.1, -0.05) is 22.9 Å². The molecule has 1 rings (SSSR count). The van der Waals surface area contributed by atoms with Crippen molar-refractivity contribution >= 4 is 21.8 Å². The van der Waals surface area contributed by atoms with E-state index in [4.69, 9.17) is 0 Å². The molecule has 0 aliphatic heterocycles. The van der Waals surface area contributed by atoms with Crippen LogP contribution >= 0.6 is 15.9 Å². The Morgan fingerprint density at radius 1 is 1.33 bits per heavy atom. The van der Waals surface area contributed by atoms with Crippen LogP contribution in [0.5, 0.6) is 0 Å². The summed E-state index contributed by atoms with van der Waals surface area (Å²) in [6.45, 7) is 1.92. The van der Waals surface area contributed by atoms with Crippen molar-refractivity contribution in [2.75, 3.05) is 5.33 Å². The van der Waals surface area contributed by atoms with Gasteiger partial charge in [-0.25, -0.2) is 0 Å². The lowest BCUT2D eigenvalue weighted by atomic mass is 10.1. The van der Waals surface area contributed by atoms with Crippen LogP contribution in [0.1, 0.15) is 29.3 Å². The van der Waals surface area contributed by atoms with Crippen LogP contribution in [0.25, 0.3) is 0 Å². The molecule has 0 bridgehead atoms. The number of amides is 1. The highest BCUT2D eigenvalue weighted by Gasteiger charge is 2.30. The average Bonchev–Trinajstić information content (AvgIpc) is 2.34. The van der Waals surface area contributed by atoms with Crippen LogP contribution in [0.2, 0.25) is 0 Å². The van der Waals surface area contributed by atoms with Gasteiger partial charge in [0.05, 0.1) is 5.56 Å². The van der Waals surface area contributed by atoms with Gasteiger partial charge in [-0.2, -0.15) is 13.2 Å². The number of carbonyl (C=O) groups is 1. The molecule has 6 heteroatoms. The maximum absolute atomic E-state index is 12.3. The Kier molecular flexibility index (Phi) is 5.19. The quantitative estimate of drug-likeness (QED) is 0.843. The highest BCUT2D eigenvalue weighted by atomic mass is 79.9. The fourth-order valence-corrected chi connectivity index (χ4v) is 1.95. The molecule has 0 saturated carbocycles. The monoisotopic (exact) mass is 323 g/mol. The van der Waals surface area contributed by atoms with Gasteiger partial charge in [0.25, 0.3) is 5.91 Å². The van der Waals surface area contributed by atoms with Gasteiger partial charge >= 0.3 is 6.18 Å². The fraction of sp³-hybridized carbons (Fsp3) is 0.417. The number of nitrogens with one attached hydrogen (secondary N) is 1. The zero-order chi connectivity index (χ0) is 13.8. The first kappa shape index (κ1) is 15.0. The van der Waals surface area contributed by atoms with Gasteiger partial charge in [-0.05, 0) is 30.7 Å². The summed E-state index contributed by atoms with van der Waals surface area (Å²) in [7, 11) is 0. The first-order chi connectivity index (χ1) is 8.38. The summed E-state index contributed by atoms with van der Waals surface area (Å²) < 4.78 is 37.0. The predicted molar refractivity (Wildman–Crippen MR) is 66.8 cm³/mol. The standard InChI is InChI=1S/C12H13BrF3NO/c1-2-10(7-13)17-11(18)8-3-5-9(6-4-8)12(14,15)16/h3-6,10H,2,7H2,1H3,(H,17,18). The van der Waals surface area contributed by atoms with Gasteiger partial charge in [0.1, 0.15) is 0 Å². The van der Waals surface area contributed by atoms with Crippen LogP contribution in [0.3, 0.4) is 0 Å². The molecule has 100 valence electrons. The molecule has 0 heterocycles. The smallest absolute Gasteiger partial charge is 0.348 e. The van der Waals surface area contributed by atoms with Gasteiger partial charge in [0.15, 0.2) is 0 Å². The van der Waals surface area contributed by atoms with E-state index in [9.17, 15) is 18.0 Å². The number of hydrogen-bond donors (Lipinski definition) is 1. The Morgan fingerprint density at radius 3 is 2.28 bits per heavy atom. The van der Waals surface area contributed by atoms with Crippen LogP contribution in [0, 0.1) is 0 Å². The summed E-state index contributed by atoms with van der Waals surface area (Å²) in [5.41, 5.74) is -0.533. The van der Waals surface area contributed by atoms with Gasteiger partial charge in [0, 0.05) is 16.9 Å². The van der Waals surface area contributed by atoms with Crippen LogP contribution < -0.4 is 5.32 Å². The second kappa shape index (κ2) is 6.22. The number of rotatable bonds is 4. The molecule has 1 amide bonds. The van der Waals surface area contributed by atoms with Crippen molar-refractivity contribution in [3.63, 3.8) is 0 Å². The lowest BCUT2D eigenvalue weighted by Crippen LogP contribution is -2.35. The average molecular weight is 324 g/mol. The molecule has 0 radical (unpaired) electrons. The van der Waals surface area contributed by atoms with Crippen molar-refractivity contribution in [3.05, 3.63) is 35.4 Å². The second-order valence-corrected chi connectivity index (χ2v) is 4.46. The summed E-state index contributed by atoms with van der Waals surface area (Å²) >= 11 is 3.25. The zero-order valence-corrected chi connectivity index (χ0v) is 11.3. The van der Waals surface area contributed by atoms with Crippen molar-refractivity contribution in [2.45, 2.75) is 25.6 Å². The number of hydrogen-bond acceptors (Lipinski definition) is 1. The van der Waals surface area contributed by atoms with Gasteiger partial charge < -0.3 is 5.32 Å². The maximum Gasteiger partial charge on any atom is 0.416 e. The molecule has 0 saturated heterocycles. The van der Waals surface area contributed by atoms with E-state index in [1.165, 1.54) is 12.1 Å². The summed E-state index contributed by atoms with van der Waals surface area (Å²) in [5.74, 6) is -0.366. The number of halogens is 4. The van der Waals surface area contributed by atoms with Gasteiger partial charge in [-0.3, -0.25) is 4.79 Å². The molecule has 0 fully saturated rings. The van der Waals surface area contributed by atoms with E-state index >= 15 is 0 Å².